The van der Waals surface area contributed by atoms with Crippen molar-refractivity contribution in [2.75, 3.05) is 26.6 Å². The van der Waals surface area contributed by atoms with Crippen molar-refractivity contribution in [3.05, 3.63) is 46.4 Å². The Morgan fingerprint density at radius 2 is 1.77 bits per heavy atom. The molecule has 0 aliphatic rings. The van der Waals surface area contributed by atoms with Gasteiger partial charge in [0.1, 0.15) is 17.2 Å². The summed E-state index contributed by atoms with van der Waals surface area (Å²) in [6.07, 6.45) is 1.34. The van der Waals surface area contributed by atoms with Gasteiger partial charge in [-0.25, -0.2) is 0 Å². The number of nitrogens with one attached hydrogen (secondary N) is 2. The third-order valence-electron chi connectivity index (χ3n) is 3.00. The van der Waals surface area contributed by atoms with Gasteiger partial charge in [-0.2, -0.15) is 0 Å². The summed E-state index contributed by atoms with van der Waals surface area (Å²) in [5, 5.41) is 2.66. The Bertz CT molecular complexity index is 739. The second-order valence-corrected chi connectivity index (χ2v) is 4.30. The van der Waals surface area contributed by atoms with Crippen LogP contribution in [0.4, 0.5) is 5.69 Å². The van der Waals surface area contributed by atoms with E-state index in [1.807, 2.05) is 0 Å². The van der Waals surface area contributed by atoms with Crippen LogP contribution < -0.4 is 25.0 Å². The average molecular weight is 304 g/mol. The predicted octanol–water partition coefficient (Wildman–Crippen LogP) is 1.65. The Balaban J connectivity index is 2.25. The van der Waals surface area contributed by atoms with Crippen molar-refractivity contribution in [3.8, 4) is 17.2 Å². The van der Waals surface area contributed by atoms with Crippen LogP contribution in [0.15, 0.2) is 35.3 Å². The highest BCUT2D eigenvalue weighted by atomic mass is 16.5. The Morgan fingerprint density at radius 3 is 2.36 bits per heavy atom. The molecule has 22 heavy (non-hydrogen) atoms. The zero-order valence-electron chi connectivity index (χ0n) is 12.4. The van der Waals surface area contributed by atoms with Crippen LogP contribution in [-0.4, -0.2) is 32.2 Å². The summed E-state index contributed by atoms with van der Waals surface area (Å²) in [6.45, 7) is 0. The highest BCUT2D eigenvalue weighted by Gasteiger charge is 2.12. The molecule has 0 atom stereocenters. The summed E-state index contributed by atoms with van der Waals surface area (Å²) >= 11 is 0. The van der Waals surface area contributed by atoms with Crippen molar-refractivity contribution >= 4 is 11.6 Å². The van der Waals surface area contributed by atoms with Crippen molar-refractivity contribution in [3.63, 3.8) is 0 Å². The van der Waals surface area contributed by atoms with Gasteiger partial charge >= 0.3 is 0 Å². The molecule has 116 valence electrons. The summed E-state index contributed by atoms with van der Waals surface area (Å²) in [7, 11) is 4.40. The summed E-state index contributed by atoms with van der Waals surface area (Å²) in [4.78, 5) is 26.6. The first-order valence-electron chi connectivity index (χ1n) is 6.39. The third kappa shape index (κ3) is 3.20. The number of benzene rings is 1. The first kappa shape index (κ1) is 15.4. The number of ether oxygens (including phenoxy) is 3. The van der Waals surface area contributed by atoms with E-state index in [1.54, 1.807) is 18.2 Å². The largest absolute Gasteiger partial charge is 0.497 e. The molecular formula is C15H16N2O5. The number of carbonyl (C=O) groups is 1. The van der Waals surface area contributed by atoms with Crippen LogP contribution in [0.3, 0.4) is 0 Å². The van der Waals surface area contributed by atoms with Crippen LogP contribution >= 0.6 is 0 Å². The van der Waals surface area contributed by atoms with Gasteiger partial charge in [-0.05, 0) is 12.1 Å². The van der Waals surface area contributed by atoms with Gasteiger partial charge in [0.05, 0.1) is 27.0 Å². The van der Waals surface area contributed by atoms with Crippen LogP contribution in [0.5, 0.6) is 17.2 Å². The fourth-order valence-corrected chi connectivity index (χ4v) is 1.84. The maximum atomic E-state index is 12.2. The summed E-state index contributed by atoms with van der Waals surface area (Å²) in [6, 6.07) is 6.16. The number of H-pyrrole nitrogens is 1. The van der Waals surface area contributed by atoms with E-state index in [0.29, 0.717) is 17.2 Å². The van der Waals surface area contributed by atoms with E-state index in [0.717, 1.165) is 0 Å². The minimum absolute atomic E-state index is 0.115. The molecule has 1 aromatic heterocycles. The van der Waals surface area contributed by atoms with Gasteiger partial charge < -0.3 is 24.5 Å². The van der Waals surface area contributed by atoms with Gasteiger partial charge in [-0.3, -0.25) is 9.59 Å². The van der Waals surface area contributed by atoms with Gasteiger partial charge in [-0.15, -0.1) is 0 Å². The van der Waals surface area contributed by atoms with Gasteiger partial charge in [0.15, 0.2) is 5.75 Å². The molecule has 7 nitrogen and oxygen atoms in total. The highest BCUT2D eigenvalue weighted by Crippen LogP contribution is 2.29. The molecule has 0 bridgehead atoms. The smallest absolute Gasteiger partial charge is 0.272 e. The van der Waals surface area contributed by atoms with E-state index in [1.165, 1.54) is 33.6 Å². The van der Waals surface area contributed by atoms with Crippen LogP contribution in [0, 0.1) is 0 Å². The van der Waals surface area contributed by atoms with Gasteiger partial charge in [-0.1, -0.05) is 0 Å². The van der Waals surface area contributed by atoms with E-state index in [4.69, 9.17) is 14.2 Å². The molecule has 0 saturated carbocycles. The fraction of sp³-hybridized carbons (Fsp3) is 0.200. The number of rotatable bonds is 5. The Labute approximate surface area is 126 Å². The molecule has 2 rings (SSSR count). The SMILES string of the molecule is COc1ccc(NC(=O)c2cc(=O)c(OC)c[nH]2)c(OC)c1. The number of hydrogen-bond donors (Lipinski definition) is 2. The maximum Gasteiger partial charge on any atom is 0.272 e. The molecule has 2 N–H and O–H groups in total. The molecule has 7 heteroatoms. The lowest BCUT2D eigenvalue weighted by atomic mass is 10.2. The molecule has 0 spiro atoms. The lowest BCUT2D eigenvalue weighted by molar-refractivity contribution is 0.102. The molecule has 0 radical (unpaired) electrons. The summed E-state index contributed by atoms with van der Waals surface area (Å²) in [5.41, 5.74) is 0.196. The normalized spacial score (nSPS) is 9.95. The third-order valence-corrected chi connectivity index (χ3v) is 3.00. The number of amides is 1. The topological polar surface area (TPSA) is 89.6 Å². The van der Waals surface area contributed by atoms with Gasteiger partial charge in [0.2, 0.25) is 5.43 Å². The van der Waals surface area contributed by atoms with Crippen molar-refractivity contribution < 1.29 is 19.0 Å². The van der Waals surface area contributed by atoms with E-state index in [9.17, 15) is 9.59 Å². The monoisotopic (exact) mass is 304 g/mol. The van der Waals surface area contributed by atoms with Gasteiger partial charge in [0.25, 0.3) is 5.91 Å². The molecule has 0 aliphatic carbocycles. The number of carbonyl (C=O) groups excluding carboxylic acids is 1. The highest BCUT2D eigenvalue weighted by molar-refractivity contribution is 6.03. The van der Waals surface area contributed by atoms with Gasteiger partial charge in [0, 0.05) is 18.3 Å². The summed E-state index contributed by atoms with van der Waals surface area (Å²) in [5.74, 6) is 0.720. The number of methoxy groups -OCH3 is 3. The zero-order chi connectivity index (χ0) is 16.1. The second-order valence-electron chi connectivity index (χ2n) is 4.30. The second kappa shape index (κ2) is 6.66. The van der Waals surface area contributed by atoms with Crippen LogP contribution in [0.25, 0.3) is 0 Å². The maximum absolute atomic E-state index is 12.2. The average Bonchev–Trinajstić information content (AvgIpc) is 2.55. The number of aromatic amines is 1. The zero-order valence-corrected chi connectivity index (χ0v) is 12.4. The minimum Gasteiger partial charge on any atom is -0.497 e. The van der Waals surface area contributed by atoms with Crippen LogP contribution in [0.2, 0.25) is 0 Å². The number of aromatic nitrogens is 1. The summed E-state index contributed by atoms with van der Waals surface area (Å²) < 4.78 is 15.1. The standard InChI is InChI=1S/C15H16N2O5/c1-20-9-4-5-10(13(6-9)21-2)17-15(19)11-7-12(18)14(22-3)8-16-11/h4-8H,1-3H3,(H,16,18)(H,17,19). The van der Waals surface area contributed by atoms with E-state index in [2.05, 4.69) is 10.3 Å². The Morgan fingerprint density at radius 1 is 1.05 bits per heavy atom. The molecule has 1 amide bonds. The Kier molecular flexibility index (Phi) is 4.67. The Hall–Kier alpha value is -2.96. The van der Waals surface area contributed by atoms with Crippen molar-refractivity contribution in [1.29, 1.82) is 0 Å². The molecule has 0 unspecified atom stereocenters. The first-order valence-corrected chi connectivity index (χ1v) is 6.39. The number of hydrogen-bond acceptors (Lipinski definition) is 5. The van der Waals surface area contributed by atoms with Crippen molar-refractivity contribution in [1.82, 2.24) is 4.98 Å². The van der Waals surface area contributed by atoms with Crippen molar-refractivity contribution in [2.45, 2.75) is 0 Å². The first-order chi connectivity index (χ1) is 10.6. The van der Waals surface area contributed by atoms with Crippen molar-refractivity contribution in [2.24, 2.45) is 0 Å². The lowest BCUT2D eigenvalue weighted by Gasteiger charge is -2.11. The number of pyridine rings is 1. The predicted molar refractivity (Wildman–Crippen MR) is 81.1 cm³/mol. The number of anilines is 1. The minimum atomic E-state index is -0.469. The molecule has 0 saturated heterocycles. The van der Waals surface area contributed by atoms with E-state index < -0.39 is 5.91 Å². The fourth-order valence-electron chi connectivity index (χ4n) is 1.84. The molecule has 2 aromatic rings. The quantitative estimate of drug-likeness (QED) is 0.876. The van der Waals surface area contributed by atoms with E-state index >= 15 is 0 Å². The van der Waals surface area contributed by atoms with Crippen LogP contribution in [-0.2, 0) is 0 Å². The molecular weight excluding hydrogens is 288 g/mol. The lowest BCUT2D eigenvalue weighted by Crippen LogP contribution is -2.17. The van der Waals surface area contributed by atoms with Crippen LogP contribution in [0.1, 0.15) is 10.5 Å². The molecule has 1 aromatic carbocycles. The molecule has 1 heterocycles. The molecule has 0 aliphatic heterocycles. The molecule has 0 fully saturated rings. The van der Waals surface area contributed by atoms with E-state index in [-0.39, 0.29) is 16.9 Å².